The average Bonchev–Trinajstić information content (AvgIpc) is 3.36. The summed E-state index contributed by atoms with van der Waals surface area (Å²) in [6.45, 7) is 0. The van der Waals surface area contributed by atoms with Crippen molar-refractivity contribution in [2.45, 2.75) is 4.90 Å². The Kier molecular flexibility index (Phi) is 5.94. The van der Waals surface area contributed by atoms with Gasteiger partial charge in [-0.05, 0) is 42.0 Å². The predicted octanol–water partition coefficient (Wildman–Crippen LogP) is 4.64. The Morgan fingerprint density at radius 3 is 2.67 bits per heavy atom. The number of hydrogen-bond donors (Lipinski definition) is 1. The summed E-state index contributed by atoms with van der Waals surface area (Å²) in [5.74, 6) is -0.137. The average molecular weight is 527 g/mol. The highest BCUT2D eigenvalue weighted by atomic mass is 35.5. The lowest BCUT2D eigenvalue weighted by Crippen LogP contribution is -2.20. The number of sulfonamides is 1. The number of hydrogen-bond acceptors (Lipinski definition) is 7. The molecule has 12 heteroatoms. The first kappa shape index (κ1) is 23.5. The van der Waals surface area contributed by atoms with Crippen molar-refractivity contribution < 1.29 is 22.1 Å². The SMILES string of the molecule is COc1cc(-c2cccc(F)c2)c(Cl)cc1-n1c(=O)ccc2cc(S(=O)(=O)Nc3ccon3)cnc21. The van der Waals surface area contributed by atoms with Crippen LogP contribution in [0.4, 0.5) is 10.2 Å². The number of anilines is 1. The molecule has 0 aliphatic rings. The van der Waals surface area contributed by atoms with Crippen molar-refractivity contribution in [1.29, 1.82) is 0 Å². The number of pyridine rings is 2. The molecule has 0 saturated carbocycles. The highest BCUT2D eigenvalue weighted by Crippen LogP contribution is 2.36. The van der Waals surface area contributed by atoms with Crippen LogP contribution >= 0.6 is 11.6 Å². The van der Waals surface area contributed by atoms with Gasteiger partial charge in [0.2, 0.25) is 0 Å². The van der Waals surface area contributed by atoms with Gasteiger partial charge >= 0.3 is 0 Å². The second-order valence-corrected chi connectivity index (χ2v) is 9.68. The van der Waals surface area contributed by atoms with Crippen LogP contribution in [0.2, 0.25) is 5.02 Å². The number of nitrogens with zero attached hydrogens (tertiary/aromatic N) is 3. The van der Waals surface area contributed by atoms with E-state index in [-0.39, 0.29) is 32.8 Å². The van der Waals surface area contributed by atoms with Gasteiger partial charge in [0.25, 0.3) is 15.6 Å². The minimum Gasteiger partial charge on any atom is -0.495 e. The maximum atomic E-state index is 13.8. The van der Waals surface area contributed by atoms with Gasteiger partial charge in [0.1, 0.15) is 28.4 Å². The Hall–Kier alpha value is -4.22. The van der Waals surface area contributed by atoms with Crippen LogP contribution in [0.5, 0.6) is 5.75 Å². The number of methoxy groups -OCH3 is 1. The van der Waals surface area contributed by atoms with Crippen LogP contribution in [0.1, 0.15) is 0 Å². The summed E-state index contributed by atoms with van der Waals surface area (Å²) >= 11 is 6.54. The number of rotatable bonds is 6. The summed E-state index contributed by atoms with van der Waals surface area (Å²) < 4.78 is 53.0. The van der Waals surface area contributed by atoms with Gasteiger partial charge in [0.15, 0.2) is 5.82 Å². The standard InChI is InChI=1S/C24H16ClFN4O5S/c1-34-21-11-18(14-3-2-4-16(26)9-14)19(25)12-20(21)30-23(31)6-5-15-10-17(13-27-24(15)30)36(32,33)29-22-7-8-35-28-22/h2-13H,1H3,(H,28,29). The van der Waals surface area contributed by atoms with E-state index in [0.29, 0.717) is 16.5 Å². The Bertz CT molecular complexity index is 1770. The summed E-state index contributed by atoms with van der Waals surface area (Å²) in [7, 11) is -2.60. The lowest BCUT2D eigenvalue weighted by molar-refractivity contribution is 0.413. The van der Waals surface area contributed by atoms with E-state index in [2.05, 4.69) is 19.4 Å². The van der Waals surface area contributed by atoms with E-state index in [1.54, 1.807) is 18.2 Å². The molecule has 0 aliphatic carbocycles. The van der Waals surface area contributed by atoms with Gasteiger partial charge in [-0.25, -0.2) is 17.8 Å². The molecule has 3 aromatic heterocycles. The second kappa shape index (κ2) is 9.10. The fourth-order valence-corrected chi connectivity index (χ4v) is 4.94. The first-order valence-electron chi connectivity index (χ1n) is 10.4. The second-order valence-electron chi connectivity index (χ2n) is 7.60. The largest absolute Gasteiger partial charge is 0.495 e. The molecular formula is C24H16ClFN4O5S. The first-order chi connectivity index (χ1) is 17.3. The Morgan fingerprint density at radius 2 is 1.94 bits per heavy atom. The van der Waals surface area contributed by atoms with E-state index in [1.165, 1.54) is 60.4 Å². The maximum absolute atomic E-state index is 13.8. The molecule has 0 atom stereocenters. The number of fused-ring (bicyclic) bond motifs is 1. The highest BCUT2D eigenvalue weighted by Gasteiger charge is 2.20. The third kappa shape index (κ3) is 4.30. The van der Waals surface area contributed by atoms with Crippen LogP contribution in [0.15, 0.2) is 87.3 Å². The number of ether oxygens (including phenoxy) is 1. The summed E-state index contributed by atoms with van der Waals surface area (Å²) in [5.41, 5.74) is 1.05. The van der Waals surface area contributed by atoms with Crippen molar-refractivity contribution in [3.63, 3.8) is 0 Å². The molecule has 9 nitrogen and oxygen atoms in total. The molecule has 3 heterocycles. The summed E-state index contributed by atoms with van der Waals surface area (Å²) in [6.07, 6.45) is 2.35. The van der Waals surface area contributed by atoms with Gasteiger partial charge in [0.05, 0.1) is 17.8 Å². The zero-order valence-electron chi connectivity index (χ0n) is 18.5. The van der Waals surface area contributed by atoms with Gasteiger partial charge in [-0.15, -0.1) is 0 Å². The molecule has 0 amide bonds. The lowest BCUT2D eigenvalue weighted by atomic mass is 10.0. The van der Waals surface area contributed by atoms with Crippen molar-refractivity contribution in [1.82, 2.24) is 14.7 Å². The minimum absolute atomic E-state index is 0.0119. The molecular weight excluding hydrogens is 511 g/mol. The van der Waals surface area contributed by atoms with Crippen LogP contribution in [0.3, 0.4) is 0 Å². The van der Waals surface area contributed by atoms with E-state index in [1.807, 2.05) is 0 Å². The quantitative estimate of drug-likeness (QED) is 0.342. The molecule has 0 unspecified atom stereocenters. The number of aromatic nitrogens is 3. The van der Waals surface area contributed by atoms with Gasteiger partial charge in [-0.1, -0.05) is 28.9 Å². The zero-order chi connectivity index (χ0) is 25.4. The van der Waals surface area contributed by atoms with E-state index >= 15 is 0 Å². The third-order valence-electron chi connectivity index (χ3n) is 5.34. The minimum atomic E-state index is -4.02. The molecule has 182 valence electrons. The zero-order valence-corrected chi connectivity index (χ0v) is 20.0. The van der Waals surface area contributed by atoms with E-state index in [4.69, 9.17) is 16.3 Å². The fourth-order valence-electron chi connectivity index (χ4n) is 3.70. The molecule has 0 saturated heterocycles. The fraction of sp³-hybridized carbons (Fsp3) is 0.0417. The molecule has 0 aliphatic heterocycles. The lowest BCUT2D eigenvalue weighted by Gasteiger charge is -2.16. The smallest absolute Gasteiger partial charge is 0.264 e. The number of benzene rings is 2. The summed E-state index contributed by atoms with van der Waals surface area (Å²) in [4.78, 5) is 17.1. The molecule has 0 radical (unpaired) electrons. The Labute approximate surface area is 208 Å². The monoisotopic (exact) mass is 526 g/mol. The van der Waals surface area contributed by atoms with Crippen molar-refractivity contribution in [3.8, 4) is 22.6 Å². The molecule has 0 fully saturated rings. The van der Waals surface area contributed by atoms with Crippen LogP contribution in [-0.4, -0.2) is 30.2 Å². The highest BCUT2D eigenvalue weighted by molar-refractivity contribution is 7.92. The maximum Gasteiger partial charge on any atom is 0.264 e. The third-order valence-corrected chi connectivity index (χ3v) is 6.97. The van der Waals surface area contributed by atoms with E-state index in [9.17, 15) is 17.6 Å². The van der Waals surface area contributed by atoms with Crippen molar-refractivity contribution in [2.24, 2.45) is 0 Å². The molecule has 0 bridgehead atoms. The molecule has 5 rings (SSSR count). The van der Waals surface area contributed by atoms with Gasteiger partial charge < -0.3 is 9.26 Å². The van der Waals surface area contributed by atoms with E-state index < -0.39 is 21.4 Å². The molecule has 1 N–H and O–H groups in total. The van der Waals surface area contributed by atoms with Crippen molar-refractivity contribution in [3.05, 3.63) is 94.3 Å². The van der Waals surface area contributed by atoms with Crippen LogP contribution in [-0.2, 0) is 10.0 Å². The number of nitrogens with one attached hydrogen (secondary N) is 1. The molecule has 36 heavy (non-hydrogen) atoms. The summed E-state index contributed by atoms with van der Waals surface area (Å²) in [6, 6.07) is 14.5. The van der Waals surface area contributed by atoms with Crippen LogP contribution < -0.4 is 15.0 Å². The Balaban J connectivity index is 1.65. The topological polar surface area (TPSA) is 116 Å². The van der Waals surface area contributed by atoms with Crippen molar-refractivity contribution >= 4 is 38.5 Å². The normalized spacial score (nSPS) is 11.5. The molecule has 0 spiro atoms. The summed E-state index contributed by atoms with van der Waals surface area (Å²) in [5, 5.41) is 4.15. The van der Waals surface area contributed by atoms with E-state index in [0.717, 1.165) is 6.20 Å². The van der Waals surface area contributed by atoms with Crippen LogP contribution in [0.25, 0.3) is 27.8 Å². The van der Waals surface area contributed by atoms with Crippen molar-refractivity contribution in [2.75, 3.05) is 11.8 Å². The first-order valence-corrected chi connectivity index (χ1v) is 12.2. The predicted molar refractivity (Wildman–Crippen MR) is 132 cm³/mol. The Morgan fingerprint density at radius 1 is 1.11 bits per heavy atom. The van der Waals surface area contributed by atoms with Gasteiger partial charge in [-0.3, -0.25) is 14.1 Å². The number of halogens is 2. The molecule has 5 aromatic rings. The van der Waals surface area contributed by atoms with Gasteiger partial charge in [0, 0.05) is 29.3 Å². The molecule has 2 aromatic carbocycles. The van der Waals surface area contributed by atoms with Crippen LogP contribution in [0, 0.1) is 5.82 Å². The van der Waals surface area contributed by atoms with Gasteiger partial charge in [-0.2, -0.15) is 0 Å².